The molecule has 2 aromatic carbocycles. The molecule has 1 aliphatic rings. The number of amidine groups is 1. The maximum absolute atomic E-state index is 13.1. The van der Waals surface area contributed by atoms with Gasteiger partial charge in [-0.1, -0.05) is 43.3 Å². The highest BCUT2D eigenvalue weighted by Gasteiger charge is 2.32. The van der Waals surface area contributed by atoms with E-state index in [1.54, 1.807) is 30.9 Å². The fourth-order valence-corrected chi connectivity index (χ4v) is 3.83. The van der Waals surface area contributed by atoms with Gasteiger partial charge in [-0.25, -0.2) is 4.99 Å². The van der Waals surface area contributed by atoms with E-state index in [2.05, 4.69) is 11.9 Å². The van der Waals surface area contributed by atoms with Gasteiger partial charge < -0.3 is 9.47 Å². The fraction of sp³-hybridized carbons (Fsp3) is 0.273. The zero-order chi connectivity index (χ0) is 19.9. The number of rotatable bonds is 7. The van der Waals surface area contributed by atoms with Gasteiger partial charge in [0.25, 0.3) is 5.91 Å². The van der Waals surface area contributed by atoms with Crippen molar-refractivity contribution in [2.75, 3.05) is 24.9 Å². The Morgan fingerprint density at radius 3 is 2.50 bits per heavy atom. The van der Waals surface area contributed by atoms with Gasteiger partial charge in [-0.3, -0.25) is 9.69 Å². The Morgan fingerprint density at radius 2 is 1.82 bits per heavy atom. The zero-order valence-electron chi connectivity index (χ0n) is 16.3. The van der Waals surface area contributed by atoms with E-state index < -0.39 is 0 Å². The number of carbonyl (C=O) groups is 1. The Hall–Kier alpha value is -2.73. The van der Waals surface area contributed by atoms with E-state index in [-0.39, 0.29) is 5.91 Å². The molecule has 0 aliphatic carbocycles. The maximum atomic E-state index is 13.1. The maximum Gasteiger partial charge on any atom is 0.283 e. The van der Waals surface area contributed by atoms with E-state index in [4.69, 9.17) is 9.47 Å². The van der Waals surface area contributed by atoms with Crippen LogP contribution in [0.15, 0.2) is 59.2 Å². The van der Waals surface area contributed by atoms with E-state index >= 15 is 0 Å². The second-order valence-electron chi connectivity index (χ2n) is 6.24. The molecule has 0 atom stereocenters. The number of thioether (sulfide) groups is 1. The minimum atomic E-state index is -0.136. The van der Waals surface area contributed by atoms with Crippen LogP contribution in [0.4, 0.5) is 5.69 Å². The van der Waals surface area contributed by atoms with Crippen molar-refractivity contribution in [1.29, 1.82) is 0 Å². The standard InChI is InChI=1S/C22H24N2O3S/c1-4-5-13-28-22-23-20(14-16-9-11-18(26-2)12-10-16)21(25)24(22)17-7-6-8-19(15-17)27-3/h6-12,14-15H,4-5,13H2,1-3H3/b20-14+. The number of unbranched alkanes of at least 4 members (excludes halogenated alkanes) is 1. The van der Waals surface area contributed by atoms with Crippen LogP contribution in [0.2, 0.25) is 0 Å². The Balaban J connectivity index is 1.93. The van der Waals surface area contributed by atoms with Crippen molar-refractivity contribution in [3.05, 3.63) is 59.8 Å². The molecule has 0 saturated carbocycles. The number of anilines is 1. The normalized spacial score (nSPS) is 15.1. The summed E-state index contributed by atoms with van der Waals surface area (Å²) in [6.07, 6.45) is 3.98. The van der Waals surface area contributed by atoms with Crippen molar-refractivity contribution in [3.63, 3.8) is 0 Å². The summed E-state index contributed by atoms with van der Waals surface area (Å²) in [6.45, 7) is 2.15. The highest BCUT2D eigenvalue weighted by atomic mass is 32.2. The van der Waals surface area contributed by atoms with Crippen molar-refractivity contribution in [2.24, 2.45) is 4.99 Å². The van der Waals surface area contributed by atoms with Crippen LogP contribution in [0.1, 0.15) is 25.3 Å². The van der Waals surface area contributed by atoms with Gasteiger partial charge in [0, 0.05) is 11.8 Å². The minimum absolute atomic E-state index is 0.136. The third kappa shape index (κ3) is 4.57. The van der Waals surface area contributed by atoms with Crippen LogP contribution in [-0.4, -0.2) is 31.0 Å². The largest absolute Gasteiger partial charge is 0.497 e. The lowest BCUT2D eigenvalue weighted by molar-refractivity contribution is -0.113. The monoisotopic (exact) mass is 396 g/mol. The molecule has 0 radical (unpaired) electrons. The Morgan fingerprint density at radius 1 is 1.07 bits per heavy atom. The summed E-state index contributed by atoms with van der Waals surface area (Å²) in [5.41, 5.74) is 2.08. The Labute approximate surface area is 170 Å². The smallest absolute Gasteiger partial charge is 0.283 e. The van der Waals surface area contributed by atoms with Crippen molar-refractivity contribution in [1.82, 2.24) is 0 Å². The van der Waals surface area contributed by atoms with Crippen molar-refractivity contribution >= 4 is 34.6 Å². The molecule has 1 aliphatic heterocycles. The molecule has 2 aromatic rings. The minimum Gasteiger partial charge on any atom is -0.497 e. The molecular weight excluding hydrogens is 372 g/mol. The van der Waals surface area contributed by atoms with Crippen LogP contribution in [0.5, 0.6) is 11.5 Å². The van der Waals surface area contributed by atoms with Crippen LogP contribution in [0.3, 0.4) is 0 Å². The first kappa shape index (κ1) is 20.0. The topological polar surface area (TPSA) is 51.1 Å². The van der Waals surface area contributed by atoms with Crippen LogP contribution in [0, 0.1) is 0 Å². The van der Waals surface area contributed by atoms with Crippen LogP contribution >= 0.6 is 11.8 Å². The molecule has 146 valence electrons. The van der Waals surface area contributed by atoms with Crippen LogP contribution in [-0.2, 0) is 4.79 Å². The molecule has 0 unspecified atom stereocenters. The highest BCUT2D eigenvalue weighted by Crippen LogP contribution is 2.31. The van der Waals surface area contributed by atoms with E-state index in [1.165, 1.54) is 0 Å². The van der Waals surface area contributed by atoms with Gasteiger partial charge in [0.15, 0.2) is 5.17 Å². The number of hydrogen-bond acceptors (Lipinski definition) is 5. The molecule has 0 N–H and O–H groups in total. The van der Waals surface area contributed by atoms with E-state index in [1.807, 2.05) is 54.6 Å². The van der Waals surface area contributed by atoms with Crippen molar-refractivity contribution in [2.45, 2.75) is 19.8 Å². The summed E-state index contributed by atoms with van der Waals surface area (Å²) in [7, 11) is 3.25. The van der Waals surface area contributed by atoms with E-state index in [0.717, 1.165) is 35.6 Å². The lowest BCUT2D eigenvalue weighted by Gasteiger charge is -2.18. The van der Waals surface area contributed by atoms with Crippen LogP contribution in [0.25, 0.3) is 6.08 Å². The summed E-state index contributed by atoms with van der Waals surface area (Å²) >= 11 is 1.60. The SMILES string of the molecule is CCCCSC1=N/C(=C/c2ccc(OC)cc2)C(=O)N1c1cccc(OC)c1. The summed E-state index contributed by atoms with van der Waals surface area (Å²) in [5.74, 6) is 2.26. The molecule has 0 fully saturated rings. The number of ether oxygens (including phenoxy) is 2. The van der Waals surface area contributed by atoms with Gasteiger partial charge in [0.2, 0.25) is 0 Å². The second-order valence-corrected chi connectivity index (χ2v) is 7.30. The van der Waals surface area contributed by atoms with Crippen molar-refractivity contribution < 1.29 is 14.3 Å². The van der Waals surface area contributed by atoms with Gasteiger partial charge in [0.05, 0.1) is 19.9 Å². The summed E-state index contributed by atoms with van der Waals surface area (Å²) < 4.78 is 10.5. The summed E-state index contributed by atoms with van der Waals surface area (Å²) in [6, 6.07) is 15.0. The lowest BCUT2D eigenvalue weighted by atomic mass is 10.2. The molecular formula is C22H24N2O3S. The number of hydrogen-bond donors (Lipinski definition) is 0. The number of benzene rings is 2. The molecule has 6 heteroatoms. The third-order valence-corrected chi connectivity index (χ3v) is 5.31. The first-order valence-electron chi connectivity index (χ1n) is 9.22. The summed E-state index contributed by atoms with van der Waals surface area (Å²) in [4.78, 5) is 19.4. The number of amides is 1. The second kappa shape index (κ2) is 9.46. The number of methoxy groups -OCH3 is 2. The quantitative estimate of drug-likeness (QED) is 0.489. The van der Waals surface area contributed by atoms with Gasteiger partial charge in [0.1, 0.15) is 17.2 Å². The number of aliphatic imine (C=N–C) groups is 1. The van der Waals surface area contributed by atoms with Crippen LogP contribution < -0.4 is 14.4 Å². The molecule has 28 heavy (non-hydrogen) atoms. The number of carbonyl (C=O) groups excluding carboxylic acids is 1. The molecule has 1 amide bonds. The Bertz CT molecular complexity index is 891. The van der Waals surface area contributed by atoms with E-state index in [9.17, 15) is 4.79 Å². The lowest BCUT2D eigenvalue weighted by Crippen LogP contribution is -2.30. The molecule has 3 rings (SSSR count). The molecule has 0 saturated heterocycles. The molecule has 1 heterocycles. The first-order chi connectivity index (χ1) is 13.7. The van der Waals surface area contributed by atoms with Gasteiger partial charge in [-0.05, 0) is 42.3 Å². The average Bonchev–Trinajstić information content (AvgIpc) is 3.04. The molecule has 5 nitrogen and oxygen atoms in total. The third-order valence-electron chi connectivity index (χ3n) is 4.29. The molecule has 0 spiro atoms. The predicted octanol–water partition coefficient (Wildman–Crippen LogP) is 4.98. The predicted molar refractivity (Wildman–Crippen MR) is 116 cm³/mol. The summed E-state index contributed by atoms with van der Waals surface area (Å²) in [5, 5.41) is 0.700. The van der Waals surface area contributed by atoms with Gasteiger partial charge in [-0.15, -0.1) is 0 Å². The Kier molecular flexibility index (Phi) is 6.76. The van der Waals surface area contributed by atoms with Gasteiger partial charge >= 0.3 is 0 Å². The number of nitrogens with zero attached hydrogens (tertiary/aromatic N) is 2. The highest BCUT2D eigenvalue weighted by molar-refractivity contribution is 8.14. The van der Waals surface area contributed by atoms with Gasteiger partial charge in [-0.2, -0.15) is 0 Å². The first-order valence-corrected chi connectivity index (χ1v) is 10.2. The fourth-order valence-electron chi connectivity index (χ4n) is 2.74. The average molecular weight is 397 g/mol. The van der Waals surface area contributed by atoms with Crippen molar-refractivity contribution in [3.8, 4) is 11.5 Å². The molecule has 0 aromatic heterocycles. The zero-order valence-corrected chi connectivity index (χ0v) is 17.2. The molecule has 0 bridgehead atoms. The van der Waals surface area contributed by atoms with E-state index in [0.29, 0.717) is 16.6 Å².